The van der Waals surface area contributed by atoms with E-state index in [0.29, 0.717) is 19.3 Å². The minimum Gasteiger partial charge on any atom is -0.462 e. The van der Waals surface area contributed by atoms with Gasteiger partial charge in [-0.1, -0.05) is 204 Å². The molecule has 0 fully saturated rings. The van der Waals surface area contributed by atoms with Gasteiger partial charge in [-0.2, -0.15) is 0 Å². The molecule has 0 aliphatic heterocycles. The monoisotopic (exact) mass is 744 g/mol. The van der Waals surface area contributed by atoms with Gasteiger partial charge in [-0.15, -0.1) is 0 Å². The van der Waals surface area contributed by atoms with Gasteiger partial charge in [-0.25, -0.2) is 0 Å². The minimum atomic E-state index is -0.787. The van der Waals surface area contributed by atoms with Crippen molar-refractivity contribution in [2.24, 2.45) is 0 Å². The Morgan fingerprint density at radius 1 is 0.566 bits per heavy atom. The highest BCUT2D eigenvalue weighted by Gasteiger charge is 2.24. The second-order valence-electron chi connectivity index (χ2n) is 15.2. The molecule has 1 amide bonds. The van der Waals surface area contributed by atoms with E-state index in [4.69, 9.17) is 4.74 Å². The van der Waals surface area contributed by atoms with Crippen molar-refractivity contribution in [1.29, 1.82) is 0 Å². The van der Waals surface area contributed by atoms with Crippen molar-refractivity contribution in [2.45, 2.75) is 232 Å². The molecule has 0 aromatic heterocycles. The fourth-order valence-electron chi connectivity index (χ4n) is 6.62. The van der Waals surface area contributed by atoms with Crippen molar-refractivity contribution >= 4 is 11.9 Å². The topological polar surface area (TPSA) is 95.9 Å². The van der Waals surface area contributed by atoms with Crippen LogP contribution in [0.5, 0.6) is 0 Å². The van der Waals surface area contributed by atoms with Gasteiger partial charge in [0, 0.05) is 6.42 Å². The average Bonchev–Trinajstić information content (AvgIpc) is 3.15. The minimum absolute atomic E-state index is 0.0688. The molecular formula is C47H85NO5. The van der Waals surface area contributed by atoms with Crippen molar-refractivity contribution in [1.82, 2.24) is 5.32 Å². The Hall–Kier alpha value is -2.18. The Bertz CT molecular complexity index is 926. The standard InChI is InChI=1S/C47H85NO5/c1-4-7-10-13-16-19-21-22-23-24-25-28-31-34-37-40-47(52)53-43(38-35-32-29-27-20-17-14-11-8-5-2)41-46(51)48-44(42-49)45(50)39-36-33-30-26-18-15-12-9-6-3/h7,10,13,16,19,21-23,43-45,49-50H,4-6,8-9,11-12,14-15,17-18,20,24-42H2,1-3H3,(H,48,51)/b10-7+,16-13+,21-19+,23-22-. The molecule has 0 aromatic rings. The van der Waals surface area contributed by atoms with E-state index in [9.17, 15) is 19.8 Å². The number of esters is 1. The Morgan fingerprint density at radius 2 is 1.02 bits per heavy atom. The van der Waals surface area contributed by atoms with Crippen LogP contribution >= 0.6 is 0 Å². The van der Waals surface area contributed by atoms with Crippen LogP contribution in [-0.2, 0) is 14.3 Å². The third-order valence-corrected chi connectivity index (χ3v) is 10.0. The summed E-state index contributed by atoms with van der Waals surface area (Å²) in [5.74, 6) is -0.502. The smallest absolute Gasteiger partial charge is 0.306 e. The zero-order chi connectivity index (χ0) is 38.9. The van der Waals surface area contributed by atoms with E-state index in [2.05, 4.69) is 56.5 Å². The molecule has 0 saturated carbocycles. The van der Waals surface area contributed by atoms with E-state index in [1.807, 2.05) is 18.2 Å². The predicted molar refractivity (Wildman–Crippen MR) is 227 cm³/mol. The zero-order valence-electron chi connectivity index (χ0n) is 34.9. The summed E-state index contributed by atoms with van der Waals surface area (Å²) in [5, 5.41) is 23.5. The SMILES string of the molecule is CC/C=C/C=C/C=C/C=C\CCCCCCCC(=O)OC(CCCCCCCCCCCC)CC(=O)NC(CO)C(O)CCCCCCCCCCC. The van der Waals surface area contributed by atoms with Crippen molar-refractivity contribution < 1.29 is 24.5 Å². The highest BCUT2D eigenvalue weighted by atomic mass is 16.5. The van der Waals surface area contributed by atoms with Crippen molar-refractivity contribution in [3.63, 3.8) is 0 Å². The van der Waals surface area contributed by atoms with Gasteiger partial charge >= 0.3 is 5.97 Å². The summed E-state index contributed by atoms with van der Waals surface area (Å²) >= 11 is 0. The van der Waals surface area contributed by atoms with E-state index in [1.165, 1.54) is 89.9 Å². The number of hydrogen-bond acceptors (Lipinski definition) is 5. The van der Waals surface area contributed by atoms with E-state index in [0.717, 1.165) is 77.0 Å². The lowest BCUT2D eigenvalue weighted by Crippen LogP contribution is -2.46. The molecule has 0 bridgehead atoms. The van der Waals surface area contributed by atoms with Crippen LogP contribution in [0.25, 0.3) is 0 Å². The molecule has 3 N–H and O–H groups in total. The maximum Gasteiger partial charge on any atom is 0.306 e. The number of amides is 1. The fourth-order valence-corrected chi connectivity index (χ4v) is 6.62. The molecule has 53 heavy (non-hydrogen) atoms. The molecule has 308 valence electrons. The molecule has 6 heteroatoms. The summed E-state index contributed by atoms with van der Waals surface area (Å²) in [6.07, 6.45) is 47.4. The predicted octanol–water partition coefficient (Wildman–Crippen LogP) is 12.7. The number of rotatable bonds is 39. The fraction of sp³-hybridized carbons (Fsp3) is 0.787. The van der Waals surface area contributed by atoms with E-state index < -0.39 is 18.2 Å². The third kappa shape index (κ3) is 36.6. The van der Waals surface area contributed by atoms with E-state index in [1.54, 1.807) is 0 Å². The Kier molecular flexibility index (Phi) is 39.3. The number of unbranched alkanes of at least 4 members (excludes halogenated alkanes) is 22. The van der Waals surface area contributed by atoms with Crippen molar-refractivity contribution in [3.05, 3.63) is 48.6 Å². The largest absolute Gasteiger partial charge is 0.462 e. The summed E-state index contributed by atoms with van der Waals surface area (Å²) in [6.45, 7) is 6.30. The van der Waals surface area contributed by atoms with E-state index >= 15 is 0 Å². The molecule has 0 aliphatic carbocycles. The average molecular weight is 744 g/mol. The molecule has 3 unspecified atom stereocenters. The molecule has 0 radical (unpaired) electrons. The number of carbonyl (C=O) groups is 2. The normalized spacial score (nSPS) is 13.8. The molecule has 0 aliphatic rings. The Morgan fingerprint density at radius 3 is 1.55 bits per heavy atom. The van der Waals surface area contributed by atoms with Crippen LogP contribution in [0.2, 0.25) is 0 Å². The van der Waals surface area contributed by atoms with Gasteiger partial charge in [-0.05, 0) is 44.9 Å². The van der Waals surface area contributed by atoms with Crippen LogP contribution in [0.4, 0.5) is 0 Å². The molecule has 0 saturated heterocycles. The van der Waals surface area contributed by atoms with Gasteiger partial charge in [0.25, 0.3) is 0 Å². The molecular weight excluding hydrogens is 659 g/mol. The number of hydrogen-bond donors (Lipinski definition) is 3. The van der Waals surface area contributed by atoms with Crippen molar-refractivity contribution in [3.8, 4) is 0 Å². The number of aliphatic hydroxyl groups excluding tert-OH is 2. The van der Waals surface area contributed by atoms with Crippen LogP contribution in [-0.4, -0.2) is 46.9 Å². The van der Waals surface area contributed by atoms with Gasteiger partial charge in [0.15, 0.2) is 0 Å². The van der Waals surface area contributed by atoms with Crippen LogP contribution in [0.3, 0.4) is 0 Å². The first-order valence-electron chi connectivity index (χ1n) is 22.4. The van der Waals surface area contributed by atoms with Gasteiger partial charge in [0.2, 0.25) is 5.91 Å². The van der Waals surface area contributed by atoms with Crippen LogP contribution in [0.1, 0.15) is 213 Å². The molecule has 0 aromatic carbocycles. The number of ether oxygens (including phenoxy) is 1. The Labute approximate surface area is 327 Å². The maximum atomic E-state index is 13.1. The number of allylic oxidation sites excluding steroid dienone is 8. The molecule has 0 rings (SSSR count). The summed E-state index contributed by atoms with van der Waals surface area (Å²) in [5.41, 5.74) is 0. The molecule has 0 spiro atoms. The second kappa shape index (κ2) is 41.0. The summed E-state index contributed by atoms with van der Waals surface area (Å²) in [6, 6.07) is -0.702. The van der Waals surface area contributed by atoms with Gasteiger partial charge in [-0.3, -0.25) is 9.59 Å². The summed E-state index contributed by atoms with van der Waals surface area (Å²) < 4.78 is 5.88. The first-order chi connectivity index (χ1) is 26.0. The van der Waals surface area contributed by atoms with Crippen molar-refractivity contribution in [2.75, 3.05) is 6.61 Å². The molecule has 0 heterocycles. The van der Waals surface area contributed by atoms with Crippen LogP contribution in [0.15, 0.2) is 48.6 Å². The molecule has 6 nitrogen and oxygen atoms in total. The van der Waals surface area contributed by atoms with Gasteiger partial charge in [0.05, 0.1) is 25.2 Å². The first-order valence-corrected chi connectivity index (χ1v) is 22.4. The lowest BCUT2D eigenvalue weighted by molar-refractivity contribution is -0.151. The second-order valence-corrected chi connectivity index (χ2v) is 15.2. The Balaban J connectivity index is 4.60. The van der Waals surface area contributed by atoms with Gasteiger partial charge < -0.3 is 20.3 Å². The third-order valence-electron chi connectivity index (χ3n) is 10.0. The lowest BCUT2D eigenvalue weighted by atomic mass is 10.0. The zero-order valence-corrected chi connectivity index (χ0v) is 34.9. The lowest BCUT2D eigenvalue weighted by Gasteiger charge is -2.24. The number of aliphatic hydroxyl groups is 2. The molecule has 3 atom stereocenters. The summed E-state index contributed by atoms with van der Waals surface area (Å²) in [7, 11) is 0. The highest BCUT2D eigenvalue weighted by Crippen LogP contribution is 2.17. The van der Waals surface area contributed by atoms with Gasteiger partial charge in [0.1, 0.15) is 6.10 Å². The van der Waals surface area contributed by atoms with Crippen LogP contribution < -0.4 is 5.32 Å². The number of nitrogens with one attached hydrogen (secondary N) is 1. The van der Waals surface area contributed by atoms with E-state index in [-0.39, 0.29) is 24.9 Å². The quantitative estimate of drug-likeness (QED) is 0.0331. The number of carbonyl (C=O) groups excluding carboxylic acids is 2. The van der Waals surface area contributed by atoms with Crippen LogP contribution in [0, 0.1) is 0 Å². The maximum absolute atomic E-state index is 13.1. The first kappa shape index (κ1) is 50.8. The highest BCUT2D eigenvalue weighted by molar-refractivity contribution is 5.77. The summed E-state index contributed by atoms with van der Waals surface area (Å²) in [4.78, 5) is 25.9.